The number of hydrogen-bond acceptors (Lipinski definition) is 4. The maximum atomic E-state index is 12.4. The summed E-state index contributed by atoms with van der Waals surface area (Å²) >= 11 is 6.20. The zero-order chi connectivity index (χ0) is 15.7. The third-order valence-corrected chi connectivity index (χ3v) is 6.45. The lowest BCUT2D eigenvalue weighted by Gasteiger charge is -2.37. The number of carbonyl (C=O) groups is 1. The van der Waals surface area contributed by atoms with Crippen molar-refractivity contribution in [3.05, 3.63) is 29.3 Å². The first-order valence-corrected chi connectivity index (χ1v) is 9.65. The second-order valence-corrected chi connectivity index (χ2v) is 8.50. The van der Waals surface area contributed by atoms with E-state index in [2.05, 4.69) is 4.90 Å². The number of amides is 1. The number of sulfone groups is 1. The van der Waals surface area contributed by atoms with Gasteiger partial charge in [-0.15, -0.1) is 0 Å². The van der Waals surface area contributed by atoms with E-state index in [1.165, 1.54) is 0 Å². The summed E-state index contributed by atoms with van der Waals surface area (Å²) in [6.07, 6.45) is 0.464. The topological polar surface area (TPSA) is 57.7 Å². The fourth-order valence-electron chi connectivity index (χ4n) is 3.12. The first-order chi connectivity index (χ1) is 10.5. The molecule has 1 unspecified atom stereocenters. The fourth-order valence-corrected chi connectivity index (χ4v) is 5.11. The standard InChI is InChI=1S/C15H19ClN2O3S/c16-13-3-1-2-4-14(13)17-6-8-18(9-7-17)15(19)12-5-10-22(20,21)11-12/h1-4,12H,5-11H2. The SMILES string of the molecule is O=C(C1CCS(=O)(=O)C1)N1CCN(c2ccccc2Cl)CC1. The van der Waals surface area contributed by atoms with Gasteiger partial charge in [0.1, 0.15) is 0 Å². The molecule has 0 N–H and O–H groups in total. The summed E-state index contributed by atoms with van der Waals surface area (Å²) in [5.41, 5.74) is 0.986. The maximum Gasteiger partial charge on any atom is 0.226 e. The summed E-state index contributed by atoms with van der Waals surface area (Å²) in [5.74, 6) is -0.212. The molecule has 2 aliphatic rings. The summed E-state index contributed by atoms with van der Waals surface area (Å²) in [7, 11) is -3.01. The minimum Gasteiger partial charge on any atom is -0.367 e. The molecule has 2 saturated heterocycles. The van der Waals surface area contributed by atoms with Gasteiger partial charge in [0, 0.05) is 26.2 Å². The van der Waals surface area contributed by atoms with Gasteiger partial charge in [0.2, 0.25) is 5.91 Å². The molecule has 2 aliphatic heterocycles. The highest BCUT2D eigenvalue weighted by Gasteiger charge is 2.36. The molecule has 1 aromatic carbocycles. The van der Waals surface area contributed by atoms with E-state index in [1.54, 1.807) is 4.90 Å². The van der Waals surface area contributed by atoms with E-state index in [9.17, 15) is 13.2 Å². The van der Waals surface area contributed by atoms with Gasteiger partial charge >= 0.3 is 0 Å². The Morgan fingerprint density at radius 1 is 1.14 bits per heavy atom. The number of rotatable bonds is 2. The monoisotopic (exact) mass is 342 g/mol. The van der Waals surface area contributed by atoms with Gasteiger partial charge in [0.25, 0.3) is 0 Å². The Labute approximate surface area is 135 Å². The third-order valence-electron chi connectivity index (χ3n) is 4.37. The van der Waals surface area contributed by atoms with E-state index in [0.29, 0.717) is 24.5 Å². The van der Waals surface area contributed by atoms with Gasteiger partial charge in [0.05, 0.1) is 28.1 Å². The molecular formula is C15H19ClN2O3S. The van der Waals surface area contributed by atoms with E-state index in [1.807, 2.05) is 24.3 Å². The van der Waals surface area contributed by atoms with Crippen molar-refractivity contribution < 1.29 is 13.2 Å². The summed E-state index contributed by atoms with van der Waals surface area (Å²) in [6.45, 7) is 2.66. The van der Waals surface area contributed by atoms with Crippen LogP contribution in [0.2, 0.25) is 5.02 Å². The molecule has 5 nitrogen and oxygen atoms in total. The van der Waals surface area contributed by atoms with E-state index in [-0.39, 0.29) is 23.3 Å². The third kappa shape index (κ3) is 3.22. The van der Waals surface area contributed by atoms with E-state index in [0.717, 1.165) is 18.8 Å². The van der Waals surface area contributed by atoms with Crippen molar-refractivity contribution in [3.8, 4) is 0 Å². The highest BCUT2D eigenvalue weighted by molar-refractivity contribution is 7.91. The smallest absolute Gasteiger partial charge is 0.226 e. The van der Waals surface area contributed by atoms with Crippen LogP contribution in [0.3, 0.4) is 0 Å². The number of piperazine rings is 1. The molecule has 22 heavy (non-hydrogen) atoms. The van der Waals surface area contributed by atoms with Gasteiger partial charge in [0.15, 0.2) is 9.84 Å². The Morgan fingerprint density at radius 2 is 1.82 bits per heavy atom. The van der Waals surface area contributed by atoms with Crippen molar-refractivity contribution in [1.29, 1.82) is 0 Å². The summed E-state index contributed by atoms with van der Waals surface area (Å²) in [6, 6.07) is 7.68. The molecule has 0 bridgehead atoms. The molecule has 1 atom stereocenters. The second kappa shape index (κ2) is 6.08. The molecular weight excluding hydrogens is 324 g/mol. The average molecular weight is 343 g/mol. The lowest BCUT2D eigenvalue weighted by atomic mass is 10.1. The maximum absolute atomic E-state index is 12.4. The molecule has 0 aliphatic carbocycles. The molecule has 2 heterocycles. The van der Waals surface area contributed by atoms with Crippen LogP contribution in [0, 0.1) is 5.92 Å². The Hall–Kier alpha value is -1.27. The Balaban J connectivity index is 1.60. The molecule has 3 rings (SSSR count). The molecule has 1 aromatic rings. The zero-order valence-corrected chi connectivity index (χ0v) is 13.8. The van der Waals surface area contributed by atoms with E-state index in [4.69, 9.17) is 11.6 Å². The second-order valence-electron chi connectivity index (χ2n) is 5.86. The number of hydrogen-bond donors (Lipinski definition) is 0. The number of para-hydroxylation sites is 1. The predicted molar refractivity (Wildman–Crippen MR) is 87.0 cm³/mol. The fraction of sp³-hybridized carbons (Fsp3) is 0.533. The van der Waals surface area contributed by atoms with Crippen LogP contribution in [0.5, 0.6) is 0 Å². The van der Waals surface area contributed by atoms with Crippen molar-refractivity contribution >= 4 is 33.0 Å². The van der Waals surface area contributed by atoms with Crippen LogP contribution in [0.25, 0.3) is 0 Å². The van der Waals surface area contributed by atoms with Crippen LogP contribution in [0.4, 0.5) is 5.69 Å². The van der Waals surface area contributed by atoms with Gasteiger partial charge in [-0.2, -0.15) is 0 Å². The Bertz CT molecular complexity index is 669. The number of nitrogens with zero attached hydrogens (tertiary/aromatic N) is 2. The number of benzene rings is 1. The first kappa shape index (κ1) is 15.6. The van der Waals surface area contributed by atoms with Crippen LogP contribution in [0.15, 0.2) is 24.3 Å². The van der Waals surface area contributed by atoms with Crippen LogP contribution in [-0.2, 0) is 14.6 Å². The number of anilines is 1. The quantitative estimate of drug-likeness (QED) is 0.815. The highest BCUT2D eigenvalue weighted by Crippen LogP contribution is 2.27. The van der Waals surface area contributed by atoms with E-state index >= 15 is 0 Å². The van der Waals surface area contributed by atoms with Crippen LogP contribution >= 0.6 is 11.6 Å². The number of halogens is 1. The summed E-state index contributed by atoms with van der Waals surface area (Å²) in [4.78, 5) is 16.4. The van der Waals surface area contributed by atoms with Crippen molar-refractivity contribution in [1.82, 2.24) is 4.90 Å². The Kier molecular flexibility index (Phi) is 4.32. The summed E-state index contributed by atoms with van der Waals surface area (Å²) in [5, 5.41) is 0.712. The highest BCUT2D eigenvalue weighted by atomic mass is 35.5. The minimum atomic E-state index is -3.01. The molecule has 1 amide bonds. The Morgan fingerprint density at radius 3 is 2.41 bits per heavy atom. The molecule has 120 valence electrons. The predicted octanol–water partition coefficient (Wildman–Crippen LogP) is 1.42. The van der Waals surface area contributed by atoms with Crippen LogP contribution < -0.4 is 4.90 Å². The molecule has 0 aromatic heterocycles. The van der Waals surface area contributed by atoms with Crippen molar-refractivity contribution in [2.24, 2.45) is 5.92 Å². The first-order valence-electron chi connectivity index (χ1n) is 7.45. The molecule has 2 fully saturated rings. The van der Waals surface area contributed by atoms with Crippen LogP contribution in [-0.4, -0.2) is 56.9 Å². The molecule has 0 saturated carbocycles. The van der Waals surface area contributed by atoms with Crippen molar-refractivity contribution in [2.45, 2.75) is 6.42 Å². The largest absolute Gasteiger partial charge is 0.367 e. The lowest BCUT2D eigenvalue weighted by Crippen LogP contribution is -2.50. The van der Waals surface area contributed by atoms with Gasteiger partial charge in [-0.3, -0.25) is 4.79 Å². The lowest BCUT2D eigenvalue weighted by molar-refractivity contribution is -0.135. The van der Waals surface area contributed by atoms with Crippen LogP contribution in [0.1, 0.15) is 6.42 Å². The average Bonchev–Trinajstić information content (AvgIpc) is 2.87. The van der Waals surface area contributed by atoms with Crippen molar-refractivity contribution in [3.63, 3.8) is 0 Å². The zero-order valence-electron chi connectivity index (χ0n) is 12.2. The molecule has 7 heteroatoms. The van der Waals surface area contributed by atoms with E-state index < -0.39 is 9.84 Å². The molecule has 0 radical (unpaired) electrons. The normalized spacial score (nSPS) is 24.5. The van der Waals surface area contributed by atoms with Gasteiger partial charge in [-0.25, -0.2) is 8.42 Å². The number of carbonyl (C=O) groups excluding carboxylic acids is 1. The van der Waals surface area contributed by atoms with Gasteiger partial charge in [-0.1, -0.05) is 23.7 Å². The summed E-state index contributed by atoms with van der Waals surface area (Å²) < 4.78 is 23.0. The van der Waals surface area contributed by atoms with Gasteiger partial charge in [-0.05, 0) is 18.6 Å². The minimum absolute atomic E-state index is 0.0105. The molecule has 0 spiro atoms. The van der Waals surface area contributed by atoms with Crippen molar-refractivity contribution in [2.75, 3.05) is 42.6 Å². The van der Waals surface area contributed by atoms with Gasteiger partial charge < -0.3 is 9.80 Å².